The van der Waals surface area contributed by atoms with Gasteiger partial charge in [0.2, 0.25) is 0 Å². The Bertz CT molecular complexity index is 161. The van der Waals surface area contributed by atoms with E-state index in [9.17, 15) is 9.00 Å². The molecular formula is C5H11NO4S. The summed E-state index contributed by atoms with van der Waals surface area (Å²) in [4.78, 5) is 10.2. The van der Waals surface area contributed by atoms with E-state index in [1.54, 1.807) is 5.48 Å². The molecule has 0 radical (unpaired) electrons. The van der Waals surface area contributed by atoms with Gasteiger partial charge in [0.15, 0.2) is 0 Å². The monoisotopic (exact) mass is 181 g/mol. The van der Waals surface area contributed by atoms with E-state index in [1.807, 2.05) is 0 Å². The van der Waals surface area contributed by atoms with E-state index in [1.165, 1.54) is 6.26 Å². The molecule has 0 saturated heterocycles. The largest absolute Gasteiger partial charge is 0.480 e. The number of aliphatic carboxylic acids is 1. The van der Waals surface area contributed by atoms with Gasteiger partial charge in [0.1, 0.15) is 6.04 Å². The average Bonchev–Trinajstić information content (AvgIpc) is 1.87. The van der Waals surface area contributed by atoms with Crippen molar-refractivity contribution in [3.05, 3.63) is 0 Å². The standard InChI is InChI=1S/C5H11NO4S/c1-11(10)3-2-4(6-9)5(7)8/h4,6,9H,2-3H2,1H3,(H,7,8)/t4-,11?/m0/s1. The number of carboxylic acid groups (broad SMARTS) is 1. The summed E-state index contributed by atoms with van der Waals surface area (Å²) in [6, 6.07) is -1.01. The van der Waals surface area contributed by atoms with Crippen molar-refractivity contribution in [2.75, 3.05) is 12.0 Å². The third kappa shape index (κ3) is 4.88. The molecule has 6 heteroatoms. The summed E-state index contributed by atoms with van der Waals surface area (Å²) >= 11 is 0. The number of hydrogen-bond acceptors (Lipinski definition) is 4. The molecule has 5 nitrogen and oxygen atoms in total. The van der Waals surface area contributed by atoms with Gasteiger partial charge in [-0.3, -0.25) is 9.00 Å². The molecule has 0 aromatic carbocycles. The molecule has 11 heavy (non-hydrogen) atoms. The van der Waals surface area contributed by atoms with E-state index in [-0.39, 0.29) is 12.2 Å². The second kappa shape index (κ2) is 5.22. The highest BCUT2D eigenvalue weighted by Gasteiger charge is 2.15. The second-order valence-corrected chi connectivity index (χ2v) is 3.64. The number of hydroxylamine groups is 1. The second-order valence-electron chi connectivity index (χ2n) is 2.09. The van der Waals surface area contributed by atoms with Crippen molar-refractivity contribution in [2.24, 2.45) is 0 Å². The van der Waals surface area contributed by atoms with Crippen molar-refractivity contribution in [1.82, 2.24) is 5.48 Å². The molecule has 0 aliphatic rings. The van der Waals surface area contributed by atoms with Gasteiger partial charge in [-0.2, -0.15) is 5.48 Å². The number of hydrogen-bond donors (Lipinski definition) is 3. The molecule has 1 unspecified atom stereocenters. The van der Waals surface area contributed by atoms with Crippen LogP contribution < -0.4 is 5.48 Å². The first-order valence-corrected chi connectivity index (χ1v) is 4.73. The summed E-state index contributed by atoms with van der Waals surface area (Å²) in [5.41, 5.74) is 1.62. The fraction of sp³-hybridized carbons (Fsp3) is 0.800. The lowest BCUT2D eigenvalue weighted by Crippen LogP contribution is -2.35. The molecule has 66 valence electrons. The minimum absolute atomic E-state index is 0.162. The number of carboxylic acids is 1. The minimum Gasteiger partial charge on any atom is -0.480 e. The van der Waals surface area contributed by atoms with Crippen molar-refractivity contribution < 1.29 is 19.3 Å². The summed E-state index contributed by atoms with van der Waals surface area (Å²) in [5.74, 6) is -0.872. The maximum Gasteiger partial charge on any atom is 0.323 e. The Labute approximate surface area is 66.8 Å². The van der Waals surface area contributed by atoms with Gasteiger partial charge in [0, 0.05) is 22.8 Å². The van der Waals surface area contributed by atoms with Crippen molar-refractivity contribution in [2.45, 2.75) is 12.5 Å². The molecule has 0 saturated carbocycles. The predicted molar refractivity (Wildman–Crippen MR) is 39.9 cm³/mol. The van der Waals surface area contributed by atoms with Crippen LogP contribution in [0.3, 0.4) is 0 Å². The van der Waals surface area contributed by atoms with E-state index in [2.05, 4.69) is 0 Å². The highest BCUT2D eigenvalue weighted by Crippen LogP contribution is 1.92. The molecule has 0 spiro atoms. The maximum absolute atomic E-state index is 10.5. The molecule has 0 aliphatic heterocycles. The Morgan fingerprint density at radius 2 is 2.27 bits per heavy atom. The van der Waals surface area contributed by atoms with Gasteiger partial charge >= 0.3 is 5.97 Å². The van der Waals surface area contributed by atoms with Crippen LogP contribution in [-0.4, -0.2) is 38.5 Å². The van der Waals surface area contributed by atoms with Crippen LogP contribution in [-0.2, 0) is 15.6 Å². The molecule has 0 aliphatic carbocycles. The Balaban J connectivity index is 3.70. The van der Waals surface area contributed by atoms with Gasteiger partial charge < -0.3 is 10.3 Å². The van der Waals surface area contributed by atoms with Gasteiger partial charge in [-0.05, 0) is 6.42 Å². The molecule has 0 rings (SSSR count). The van der Waals surface area contributed by atoms with Gasteiger partial charge in [0.25, 0.3) is 0 Å². The number of rotatable bonds is 5. The lowest BCUT2D eigenvalue weighted by molar-refractivity contribution is -0.142. The van der Waals surface area contributed by atoms with Crippen LogP contribution in [0.5, 0.6) is 0 Å². The topological polar surface area (TPSA) is 86.6 Å². The van der Waals surface area contributed by atoms with Crippen molar-refractivity contribution in [3.63, 3.8) is 0 Å². The molecule has 0 bridgehead atoms. The van der Waals surface area contributed by atoms with Crippen LogP contribution in [0.25, 0.3) is 0 Å². The van der Waals surface area contributed by atoms with Crippen molar-refractivity contribution in [1.29, 1.82) is 0 Å². The summed E-state index contributed by atoms with van der Waals surface area (Å²) < 4.78 is 10.5. The SMILES string of the molecule is CS(=O)CC[C@H](NO)C(=O)O. The van der Waals surface area contributed by atoms with E-state index in [0.29, 0.717) is 0 Å². The maximum atomic E-state index is 10.5. The highest BCUT2D eigenvalue weighted by atomic mass is 32.2. The lowest BCUT2D eigenvalue weighted by atomic mass is 10.2. The molecule has 0 aromatic rings. The normalized spacial score (nSPS) is 15.8. The van der Waals surface area contributed by atoms with Gasteiger partial charge in [-0.15, -0.1) is 0 Å². The van der Waals surface area contributed by atoms with E-state index < -0.39 is 22.8 Å². The molecule has 0 heterocycles. The zero-order valence-electron chi connectivity index (χ0n) is 6.11. The molecule has 2 atom stereocenters. The van der Waals surface area contributed by atoms with Crippen LogP contribution in [0.4, 0.5) is 0 Å². The predicted octanol–water partition coefficient (Wildman–Crippen LogP) is -0.813. The third-order valence-corrected chi connectivity index (χ3v) is 1.96. The first kappa shape index (κ1) is 10.5. The van der Waals surface area contributed by atoms with Gasteiger partial charge in [-0.1, -0.05) is 0 Å². The Hall–Kier alpha value is -0.460. The van der Waals surface area contributed by atoms with Crippen LogP contribution in [0.15, 0.2) is 0 Å². The fourth-order valence-electron chi connectivity index (χ4n) is 0.527. The molecule has 0 amide bonds. The number of carbonyl (C=O) groups is 1. The fourth-order valence-corrected chi connectivity index (χ4v) is 1.09. The zero-order valence-corrected chi connectivity index (χ0v) is 6.93. The van der Waals surface area contributed by atoms with Gasteiger partial charge in [0.05, 0.1) is 0 Å². The Morgan fingerprint density at radius 1 is 1.73 bits per heavy atom. The van der Waals surface area contributed by atoms with Crippen LogP contribution in [0.2, 0.25) is 0 Å². The van der Waals surface area contributed by atoms with E-state index >= 15 is 0 Å². The Morgan fingerprint density at radius 3 is 2.55 bits per heavy atom. The lowest BCUT2D eigenvalue weighted by Gasteiger charge is -2.07. The van der Waals surface area contributed by atoms with Crippen LogP contribution >= 0.6 is 0 Å². The number of nitrogens with one attached hydrogen (secondary N) is 1. The van der Waals surface area contributed by atoms with Crippen molar-refractivity contribution in [3.8, 4) is 0 Å². The summed E-state index contributed by atoms with van der Waals surface area (Å²) in [6.07, 6.45) is 1.64. The summed E-state index contributed by atoms with van der Waals surface area (Å²) in [5, 5.41) is 16.6. The third-order valence-electron chi connectivity index (χ3n) is 1.15. The zero-order chi connectivity index (χ0) is 8.85. The van der Waals surface area contributed by atoms with Crippen molar-refractivity contribution >= 4 is 16.8 Å². The van der Waals surface area contributed by atoms with Crippen LogP contribution in [0.1, 0.15) is 6.42 Å². The minimum atomic E-state index is -1.14. The molecule has 0 aromatic heterocycles. The first-order valence-electron chi connectivity index (χ1n) is 3.00. The molecule has 3 N–H and O–H groups in total. The summed E-state index contributed by atoms with van der Waals surface area (Å²) in [6.45, 7) is 0. The smallest absolute Gasteiger partial charge is 0.323 e. The van der Waals surface area contributed by atoms with E-state index in [0.717, 1.165) is 0 Å². The summed E-state index contributed by atoms with van der Waals surface area (Å²) in [7, 11) is -1.02. The first-order chi connectivity index (χ1) is 5.07. The molecular weight excluding hydrogens is 170 g/mol. The van der Waals surface area contributed by atoms with Gasteiger partial charge in [-0.25, -0.2) is 0 Å². The van der Waals surface area contributed by atoms with Crippen LogP contribution in [0, 0.1) is 0 Å². The average molecular weight is 181 g/mol. The molecule has 0 fully saturated rings. The highest BCUT2D eigenvalue weighted by molar-refractivity contribution is 7.84. The quantitative estimate of drug-likeness (QED) is 0.483. The Kier molecular flexibility index (Phi) is 5.01. The van der Waals surface area contributed by atoms with E-state index in [4.69, 9.17) is 10.3 Å².